The van der Waals surface area contributed by atoms with Crippen LogP contribution in [0.5, 0.6) is 0 Å². The van der Waals surface area contributed by atoms with Crippen molar-refractivity contribution < 1.29 is 19.6 Å². The van der Waals surface area contributed by atoms with Crippen LogP contribution in [0, 0.1) is 11.3 Å². The van der Waals surface area contributed by atoms with E-state index in [0.717, 1.165) is 25.9 Å². The standard InChI is InChI=1S/C19H36N4O4/c1-6-7-8-15(13-23(27)14-24)17(25)20-16(19(2,3)4)18(26)22-11-9-21(5)10-12-22/h14-16,27H,6-13H2,1-5H3,(H,20,25)/t15?,16-/m1/s1. The lowest BCUT2D eigenvalue weighted by atomic mass is 9.85. The number of unbranched alkanes of at least 4 members (excludes halogenated alkanes) is 1. The third-order valence-electron chi connectivity index (χ3n) is 5.02. The smallest absolute Gasteiger partial charge is 0.245 e. The third-order valence-corrected chi connectivity index (χ3v) is 5.02. The minimum Gasteiger partial charge on any atom is -0.344 e. The fraction of sp³-hybridized carbons (Fsp3) is 0.842. The highest BCUT2D eigenvalue weighted by atomic mass is 16.5. The van der Waals surface area contributed by atoms with Crippen LogP contribution in [0.25, 0.3) is 0 Å². The van der Waals surface area contributed by atoms with E-state index in [1.807, 2.05) is 34.7 Å². The Morgan fingerprint density at radius 1 is 1.22 bits per heavy atom. The van der Waals surface area contributed by atoms with Gasteiger partial charge in [0.25, 0.3) is 0 Å². The summed E-state index contributed by atoms with van der Waals surface area (Å²) in [5.74, 6) is -0.925. The summed E-state index contributed by atoms with van der Waals surface area (Å²) in [5.41, 5.74) is -0.449. The second-order valence-electron chi connectivity index (χ2n) is 8.50. The van der Waals surface area contributed by atoms with Crippen LogP contribution < -0.4 is 5.32 Å². The normalized spacial score (nSPS) is 17.9. The first-order valence-electron chi connectivity index (χ1n) is 9.78. The van der Waals surface area contributed by atoms with Gasteiger partial charge in [0.05, 0.1) is 12.5 Å². The molecule has 0 aromatic rings. The fourth-order valence-corrected chi connectivity index (χ4v) is 3.14. The lowest BCUT2D eigenvalue weighted by Crippen LogP contribution is -2.59. The first-order valence-corrected chi connectivity index (χ1v) is 9.78. The third kappa shape index (κ3) is 7.46. The van der Waals surface area contributed by atoms with Crippen LogP contribution in [0.1, 0.15) is 47.0 Å². The molecular weight excluding hydrogens is 348 g/mol. The average molecular weight is 385 g/mol. The molecule has 1 aliphatic rings. The minimum atomic E-state index is -0.652. The van der Waals surface area contributed by atoms with Crippen molar-refractivity contribution in [1.29, 1.82) is 0 Å². The lowest BCUT2D eigenvalue weighted by molar-refractivity contribution is -0.155. The number of carbonyl (C=O) groups is 3. The van der Waals surface area contributed by atoms with Crippen molar-refractivity contribution in [3.8, 4) is 0 Å². The summed E-state index contributed by atoms with van der Waals surface area (Å²) in [5, 5.41) is 12.9. The number of nitrogens with one attached hydrogen (secondary N) is 1. The Morgan fingerprint density at radius 3 is 2.30 bits per heavy atom. The van der Waals surface area contributed by atoms with Crippen LogP contribution in [-0.4, -0.2) is 84.1 Å². The number of rotatable bonds is 9. The molecule has 0 aromatic carbocycles. The molecule has 1 unspecified atom stereocenters. The maximum absolute atomic E-state index is 13.1. The zero-order valence-corrected chi connectivity index (χ0v) is 17.4. The Bertz CT molecular complexity index is 498. The van der Waals surface area contributed by atoms with E-state index in [1.54, 1.807) is 4.90 Å². The molecule has 156 valence electrons. The van der Waals surface area contributed by atoms with Crippen LogP contribution in [0.4, 0.5) is 0 Å². The van der Waals surface area contributed by atoms with Gasteiger partial charge in [0.1, 0.15) is 6.04 Å². The number of nitrogens with zero attached hydrogens (tertiary/aromatic N) is 3. The van der Waals surface area contributed by atoms with E-state index in [-0.39, 0.29) is 18.4 Å². The van der Waals surface area contributed by atoms with Crippen molar-refractivity contribution in [1.82, 2.24) is 20.2 Å². The topological polar surface area (TPSA) is 93.2 Å². The Kier molecular flexibility index (Phi) is 9.18. The van der Waals surface area contributed by atoms with Crippen LogP contribution in [0.2, 0.25) is 0 Å². The molecule has 0 spiro atoms. The summed E-state index contributed by atoms with van der Waals surface area (Å²) in [6, 6.07) is -0.652. The largest absolute Gasteiger partial charge is 0.344 e. The SMILES string of the molecule is CCCCC(CN(O)C=O)C(=O)N[C@H](C(=O)N1CCN(C)CC1)C(C)(C)C. The summed E-state index contributed by atoms with van der Waals surface area (Å²) in [6.07, 6.45) is 2.55. The van der Waals surface area contributed by atoms with E-state index < -0.39 is 17.4 Å². The van der Waals surface area contributed by atoms with E-state index in [0.29, 0.717) is 31.0 Å². The summed E-state index contributed by atoms with van der Waals surface area (Å²) < 4.78 is 0. The summed E-state index contributed by atoms with van der Waals surface area (Å²) >= 11 is 0. The van der Waals surface area contributed by atoms with Gasteiger partial charge in [-0.25, -0.2) is 5.06 Å². The first-order chi connectivity index (χ1) is 12.6. The first kappa shape index (κ1) is 23.4. The molecule has 8 nitrogen and oxygen atoms in total. The zero-order valence-electron chi connectivity index (χ0n) is 17.4. The molecule has 0 aliphatic carbocycles. The van der Waals surface area contributed by atoms with Gasteiger partial charge in [-0.3, -0.25) is 19.6 Å². The Labute approximate surface area is 162 Å². The van der Waals surface area contributed by atoms with Crippen LogP contribution >= 0.6 is 0 Å². The highest BCUT2D eigenvalue weighted by Gasteiger charge is 2.37. The van der Waals surface area contributed by atoms with Crippen molar-refractivity contribution >= 4 is 18.2 Å². The molecule has 1 rings (SSSR count). The van der Waals surface area contributed by atoms with Crippen LogP contribution in [-0.2, 0) is 14.4 Å². The predicted molar refractivity (Wildman–Crippen MR) is 103 cm³/mol. The average Bonchev–Trinajstić information content (AvgIpc) is 2.61. The van der Waals surface area contributed by atoms with Gasteiger partial charge >= 0.3 is 0 Å². The van der Waals surface area contributed by atoms with Gasteiger partial charge in [-0.15, -0.1) is 0 Å². The second kappa shape index (κ2) is 10.6. The summed E-state index contributed by atoms with van der Waals surface area (Å²) in [6.45, 7) is 10.6. The molecule has 2 N–H and O–H groups in total. The van der Waals surface area contributed by atoms with Crippen molar-refractivity contribution in [2.24, 2.45) is 11.3 Å². The van der Waals surface area contributed by atoms with E-state index in [1.165, 1.54) is 0 Å². The summed E-state index contributed by atoms with van der Waals surface area (Å²) in [7, 11) is 2.02. The molecule has 1 saturated heterocycles. The number of hydrogen-bond acceptors (Lipinski definition) is 5. The number of amides is 3. The van der Waals surface area contributed by atoms with Gasteiger partial charge in [-0.05, 0) is 18.9 Å². The molecular formula is C19H36N4O4. The van der Waals surface area contributed by atoms with E-state index in [4.69, 9.17) is 0 Å². The number of piperazine rings is 1. The van der Waals surface area contributed by atoms with Gasteiger partial charge < -0.3 is 15.1 Å². The van der Waals surface area contributed by atoms with Crippen molar-refractivity contribution in [3.05, 3.63) is 0 Å². The molecule has 2 atom stereocenters. The van der Waals surface area contributed by atoms with Crippen LogP contribution in [0.3, 0.4) is 0 Å². The number of hydroxylamine groups is 2. The molecule has 1 fully saturated rings. The highest BCUT2D eigenvalue weighted by molar-refractivity contribution is 5.89. The minimum absolute atomic E-state index is 0.0745. The second-order valence-corrected chi connectivity index (χ2v) is 8.50. The molecule has 0 saturated carbocycles. The molecule has 1 heterocycles. The molecule has 8 heteroatoms. The maximum Gasteiger partial charge on any atom is 0.245 e. The van der Waals surface area contributed by atoms with Gasteiger partial charge in [-0.2, -0.15) is 0 Å². The van der Waals surface area contributed by atoms with E-state index in [9.17, 15) is 19.6 Å². The number of carbonyl (C=O) groups excluding carboxylic acids is 3. The molecule has 1 aliphatic heterocycles. The van der Waals surface area contributed by atoms with Crippen LogP contribution in [0.15, 0.2) is 0 Å². The molecule has 3 amide bonds. The molecule has 0 aromatic heterocycles. The monoisotopic (exact) mass is 384 g/mol. The van der Waals surface area contributed by atoms with Gasteiger partial charge in [0, 0.05) is 26.2 Å². The Hall–Kier alpha value is -1.67. The number of hydrogen-bond donors (Lipinski definition) is 2. The van der Waals surface area contributed by atoms with Gasteiger partial charge in [0.2, 0.25) is 18.2 Å². The fourth-order valence-electron chi connectivity index (χ4n) is 3.14. The quantitative estimate of drug-likeness (QED) is 0.351. The number of likely N-dealkylation sites (N-methyl/N-ethyl adjacent to an activating group) is 1. The zero-order chi connectivity index (χ0) is 20.6. The lowest BCUT2D eigenvalue weighted by Gasteiger charge is -2.39. The van der Waals surface area contributed by atoms with Crippen molar-refractivity contribution in [2.45, 2.75) is 53.0 Å². The van der Waals surface area contributed by atoms with Gasteiger partial charge in [-0.1, -0.05) is 40.5 Å². The molecule has 27 heavy (non-hydrogen) atoms. The van der Waals surface area contributed by atoms with E-state index >= 15 is 0 Å². The van der Waals surface area contributed by atoms with Crippen molar-refractivity contribution in [3.63, 3.8) is 0 Å². The van der Waals surface area contributed by atoms with Crippen molar-refractivity contribution in [2.75, 3.05) is 39.8 Å². The van der Waals surface area contributed by atoms with E-state index in [2.05, 4.69) is 10.2 Å². The summed E-state index contributed by atoms with van der Waals surface area (Å²) in [4.78, 5) is 40.6. The molecule has 0 bridgehead atoms. The molecule has 0 radical (unpaired) electrons. The highest BCUT2D eigenvalue weighted by Crippen LogP contribution is 2.23. The Morgan fingerprint density at radius 2 is 1.81 bits per heavy atom. The Balaban J connectivity index is 2.87. The van der Waals surface area contributed by atoms with Gasteiger partial charge in [0.15, 0.2) is 0 Å². The maximum atomic E-state index is 13.1. The predicted octanol–water partition coefficient (Wildman–Crippen LogP) is 0.945.